The molecular formula is C18H34O. The lowest BCUT2D eigenvalue weighted by Crippen LogP contribution is -2.32. The van der Waals surface area contributed by atoms with Crippen LogP contribution in [0, 0.1) is 23.2 Å². The van der Waals surface area contributed by atoms with Gasteiger partial charge >= 0.3 is 0 Å². The minimum atomic E-state index is -0.00669. The van der Waals surface area contributed by atoms with Gasteiger partial charge in [0.15, 0.2) is 0 Å². The molecule has 1 aliphatic carbocycles. The number of rotatable bonds is 8. The summed E-state index contributed by atoms with van der Waals surface area (Å²) in [5.41, 5.74) is -0.00669. The monoisotopic (exact) mass is 266 g/mol. The second-order valence-corrected chi connectivity index (χ2v) is 7.39. The molecule has 1 rings (SSSR count). The Labute approximate surface area is 120 Å². The van der Waals surface area contributed by atoms with Crippen LogP contribution in [0.25, 0.3) is 0 Å². The number of hydrogen-bond donors (Lipinski definition) is 0. The Kier molecular flexibility index (Phi) is 6.56. The van der Waals surface area contributed by atoms with Crippen molar-refractivity contribution in [3.8, 4) is 0 Å². The van der Waals surface area contributed by atoms with Crippen molar-refractivity contribution in [1.29, 1.82) is 0 Å². The molecule has 0 aliphatic heterocycles. The summed E-state index contributed by atoms with van der Waals surface area (Å²) < 4.78 is 0. The molecule has 0 amide bonds. The quantitative estimate of drug-likeness (QED) is 0.557. The molecule has 0 spiro atoms. The van der Waals surface area contributed by atoms with Crippen molar-refractivity contribution in [3.05, 3.63) is 0 Å². The highest BCUT2D eigenvalue weighted by Gasteiger charge is 2.46. The first-order valence-electron chi connectivity index (χ1n) is 8.45. The fourth-order valence-electron chi connectivity index (χ4n) is 3.93. The average Bonchev–Trinajstić information content (AvgIpc) is 2.63. The molecular weight excluding hydrogens is 232 g/mol. The second kappa shape index (κ2) is 7.45. The molecule has 0 saturated heterocycles. The highest BCUT2D eigenvalue weighted by Crippen LogP contribution is 2.48. The van der Waals surface area contributed by atoms with Crippen LogP contribution in [0.1, 0.15) is 86.0 Å². The number of hydrogen-bond acceptors (Lipinski definition) is 1. The third-order valence-corrected chi connectivity index (χ3v) is 5.32. The maximum Gasteiger partial charge on any atom is 0.139 e. The number of carbonyl (C=O) groups excluding carboxylic acids is 1. The van der Waals surface area contributed by atoms with E-state index in [4.69, 9.17) is 0 Å². The van der Waals surface area contributed by atoms with Crippen molar-refractivity contribution in [2.24, 2.45) is 23.2 Å². The molecule has 1 fully saturated rings. The molecule has 0 unspecified atom stereocenters. The zero-order chi connectivity index (χ0) is 14.5. The maximum atomic E-state index is 12.3. The predicted octanol–water partition coefficient (Wildman–Crippen LogP) is 5.62. The number of ketones is 1. The molecule has 0 aromatic rings. The highest BCUT2D eigenvalue weighted by atomic mass is 16.1. The largest absolute Gasteiger partial charge is 0.299 e. The van der Waals surface area contributed by atoms with Crippen molar-refractivity contribution in [2.45, 2.75) is 86.0 Å². The molecule has 0 aromatic carbocycles. The summed E-state index contributed by atoms with van der Waals surface area (Å²) in [5, 5.41) is 0. The van der Waals surface area contributed by atoms with Crippen molar-refractivity contribution in [2.75, 3.05) is 0 Å². The van der Waals surface area contributed by atoms with Gasteiger partial charge in [0, 0.05) is 11.8 Å². The maximum absolute atomic E-state index is 12.3. The van der Waals surface area contributed by atoms with Gasteiger partial charge in [-0.1, -0.05) is 66.7 Å². The molecule has 0 N–H and O–H groups in total. The molecule has 0 radical (unpaired) electrons. The van der Waals surface area contributed by atoms with Crippen molar-refractivity contribution in [3.63, 3.8) is 0 Å². The molecule has 1 nitrogen and oxygen atoms in total. The van der Waals surface area contributed by atoms with Crippen LogP contribution in [0.3, 0.4) is 0 Å². The van der Waals surface area contributed by atoms with Gasteiger partial charge in [-0.25, -0.2) is 0 Å². The molecule has 3 atom stereocenters. The Morgan fingerprint density at radius 3 is 2.47 bits per heavy atom. The van der Waals surface area contributed by atoms with Gasteiger partial charge in [-0.3, -0.25) is 4.79 Å². The highest BCUT2D eigenvalue weighted by molar-refractivity contribution is 5.86. The van der Waals surface area contributed by atoms with Crippen LogP contribution >= 0.6 is 0 Å². The molecule has 1 saturated carbocycles. The van der Waals surface area contributed by atoms with Crippen LogP contribution in [-0.2, 0) is 4.79 Å². The summed E-state index contributed by atoms with van der Waals surface area (Å²) in [6.45, 7) is 11.5. The fourth-order valence-corrected chi connectivity index (χ4v) is 3.93. The molecule has 112 valence electrons. The molecule has 1 aliphatic rings. The van der Waals surface area contributed by atoms with Gasteiger partial charge in [-0.05, 0) is 30.6 Å². The van der Waals surface area contributed by atoms with Crippen LogP contribution < -0.4 is 0 Å². The van der Waals surface area contributed by atoms with Gasteiger partial charge < -0.3 is 0 Å². The summed E-state index contributed by atoms with van der Waals surface area (Å²) in [7, 11) is 0. The van der Waals surface area contributed by atoms with Crippen molar-refractivity contribution < 1.29 is 4.79 Å². The normalized spacial score (nSPS) is 29.2. The van der Waals surface area contributed by atoms with Gasteiger partial charge in [-0.15, -0.1) is 0 Å². The second-order valence-electron chi connectivity index (χ2n) is 7.39. The Balaban J connectivity index is 2.56. The van der Waals surface area contributed by atoms with Gasteiger partial charge in [0.05, 0.1) is 0 Å². The van der Waals surface area contributed by atoms with E-state index in [0.29, 0.717) is 17.6 Å². The third kappa shape index (κ3) is 4.33. The van der Waals surface area contributed by atoms with Crippen LogP contribution in [0.2, 0.25) is 0 Å². The van der Waals surface area contributed by atoms with E-state index >= 15 is 0 Å². The zero-order valence-electron chi connectivity index (χ0n) is 13.8. The minimum Gasteiger partial charge on any atom is -0.299 e. The van der Waals surface area contributed by atoms with E-state index in [1.54, 1.807) is 0 Å². The smallest absolute Gasteiger partial charge is 0.139 e. The summed E-state index contributed by atoms with van der Waals surface area (Å²) in [6.07, 6.45) is 9.46. The Bertz CT molecular complexity index is 281. The first-order valence-corrected chi connectivity index (χ1v) is 8.45. The zero-order valence-corrected chi connectivity index (χ0v) is 13.8. The van der Waals surface area contributed by atoms with Crippen LogP contribution in [0.5, 0.6) is 0 Å². The molecule has 0 bridgehead atoms. The number of Topliss-reactive ketones (excluding diaryl/α,β-unsaturated/α-hetero) is 1. The van der Waals surface area contributed by atoms with Crippen LogP contribution in [0.15, 0.2) is 0 Å². The van der Waals surface area contributed by atoms with E-state index in [-0.39, 0.29) is 5.41 Å². The standard InChI is InChI=1S/C18H34O/c1-6-7-13-18(5)16(11-12-17(18)19)15(4)10-8-9-14(2)3/h14-16H,6-13H2,1-5H3/t15-,16+,18+/m1/s1. The van der Waals surface area contributed by atoms with E-state index in [2.05, 4.69) is 34.6 Å². The Morgan fingerprint density at radius 2 is 1.89 bits per heavy atom. The third-order valence-electron chi connectivity index (χ3n) is 5.32. The summed E-state index contributed by atoms with van der Waals surface area (Å²) in [4.78, 5) is 12.3. The van der Waals surface area contributed by atoms with Crippen LogP contribution in [-0.4, -0.2) is 5.78 Å². The van der Waals surface area contributed by atoms with E-state index < -0.39 is 0 Å². The summed E-state index contributed by atoms with van der Waals surface area (Å²) >= 11 is 0. The first-order chi connectivity index (χ1) is 8.91. The predicted molar refractivity (Wildman–Crippen MR) is 83.2 cm³/mol. The topological polar surface area (TPSA) is 17.1 Å². The lowest BCUT2D eigenvalue weighted by atomic mass is 9.69. The summed E-state index contributed by atoms with van der Waals surface area (Å²) in [6, 6.07) is 0. The lowest BCUT2D eigenvalue weighted by Gasteiger charge is -2.34. The fraction of sp³-hybridized carbons (Fsp3) is 0.944. The van der Waals surface area contributed by atoms with Gasteiger partial charge in [0.25, 0.3) is 0 Å². The lowest BCUT2D eigenvalue weighted by molar-refractivity contribution is -0.127. The van der Waals surface area contributed by atoms with E-state index in [1.807, 2.05) is 0 Å². The Morgan fingerprint density at radius 1 is 1.21 bits per heavy atom. The first kappa shape index (κ1) is 16.7. The molecule has 1 heteroatoms. The van der Waals surface area contributed by atoms with E-state index in [1.165, 1.54) is 32.1 Å². The van der Waals surface area contributed by atoms with Gasteiger partial charge in [-0.2, -0.15) is 0 Å². The molecule has 0 aromatic heterocycles. The van der Waals surface area contributed by atoms with E-state index in [9.17, 15) is 4.79 Å². The minimum absolute atomic E-state index is 0.00669. The van der Waals surface area contributed by atoms with Gasteiger partial charge in [0.2, 0.25) is 0 Å². The Hall–Kier alpha value is -0.330. The number of unbranched alkanes of at least 4 members (excludes halogenated alkanes) is 1. The molecule has 0 heterocycles. The SMILES string of the molecule is CCCC[C@]1(C)C(=O)CC[C@H]1[C@H](C)CCCC(C)C. The van der Waals surface area contributed by atoms with E-state index in [0.717, 1.165) is 25.2 Å². The van der Waals surface area contributed by atoms with Crippen molar-refractivity contribution in [1.82, 2.24) is 0 Å². The average molecular weight is 266 g/mol. The van der Waals surface area contributed by atoms with Crippen LogP contribution in [0.4, 0.5) is 0 Å². The number of carbonyl (C=O) groups is 1. The van der Waals surface area contributed by atoms with Gasteiger partial charge in [0.1, 0.15) is 5.78 Å². The summed E-state index contributed by atoms with van der Waals surface area (Å²) in [5.74, 6) is 2.70. The van der Waals surface area contributed by atoms with Crippen molar-refractivity contribution >= 4 is 5.78 Å². The molecule has 19 heavy (non-hydrogen) atoms.